The molecule has 0 bridgehead atoms. The number of anilines is 1. The first-order valence-corrected chi connectivity index (χ1v) is 15.2. The fourth-order valence-corrected chi connectivity index (χ4v) is 8.86. The quantitative estimate of drug-likeness (QED) is 0.515. The molecule has 8 heteroatoms. The minimum Gasteiger partial charge on any atom is -0.479 e. The molecule has 2 aromatic rings. The number of aryl methyl sites for hydroxylation is 1. The predicted molar refractivity (Wildman–Crippen MR) is 150 cm³/mol. The summed E-state index contributed by atoms with van der Waals surface area (Å²) in [4.78, 5) is 12.7. The molecule has 2 fully saturated rings. The number of carboxylic acid groups (broad SMARTS) is 1. The Bertz CT molecular complexity index is 1350. The molecule has 2 atom stereocenters. The van der Waals surface area contributed by atoms with Gasteiger partial charge in [0.05, 0.1) is 17.3 Å². The maximum atomic E-state index is 14.0. The maximum absolute atomic E-state index is 14.0. The molecule has 38 heavy (non-hydrogen) atoms. The average Bonchev–Trinajstić information content (AvgIpc) is 3.36. The largest absolute Gasteiger partial charge is 0.479 e. The number of nitrogens with zero attached hydrogens (tertiary/aromatic N) is 2. The van der Waals surface area contributed by atoms with Crippen LogP contribution >= 0.6 is 0 Å². The van der Waals surface area contributed by atoms with E-state index >= 15 is 0 Å². The van der Waals surface area contributed by atoms with Crippen LogP contribution in [0.5, 0.6) is 0 Å². The van der Waals surface area contributed by atoms with Crippen molar-refractivity contribution in [3.63, 3.8) is 0 Å². The lowest BCUT2D eigenvalue weighted by Gasteiger charge is -2.32. The highest BCUT2D eigenvalue weighted by atomic mass is 32.2. The third-order valence-electron chi connectivity index (χ3n) is 8.35. The Labute approximate surface area is 227 Å². The van der Waals surface area contributed by atoms with Gasteiger partial charge in [0.25, 0.3) is 0 Å². The molecule has 1 saturated carbocycles. The van der Waals surface area contributed by atoms with E-state index in [1.165, 1.54) is 0 Å². The molecule has 5 rings (SSSR count). The average molecular weight is 541 g/mol. The number of ether oxygens (including phenoxy) is 1. The summed E-state index contributed by atoms with van der Waals surface area (Å²) >= 11 is 0. The van der Waals surface area contributed by atoms with Gasteiger partial charge in [-0.2, -0.15) is 12.7 Å². The van der Waals surface area contributed by atoms with Crippen molar-refractivity contribution in [2.45, 2.75) is 104 Å². The number of carbonyl (C=O) groups is 1. The number of hydrogen-bond acceptors (Lipinski definition) is 4. The molecule has 206 valence electrons. The first-order chi connectivity index (χ1) is 17.8. The molecule has 0 amide bonds. The van der Waals surface area contributed by atoms with Crippen LogP contribution in [0.1, 0.15) is 86.8 Å². The van der Waals surface area contributed by atoms with Gasteiger partial charge in [-0.25, -0.2) is 4.79 Å². The number of benzene rings is 2. The zero-order valence-electron chi connectivity index (χ0n) is 23.4. The Balaban J connectivity index is 1.72. The first-order valence-electron chi connectivity index (χ1n) is 13.8. The Hall–Kier alpha value is -2.42. The van der Waals surface area contributed by atoms with Crippen LogP contribution < -0.4 is 4.31 Å². The van der Waals surface area contributed by atoms with Gasteiger partial charge in [-0.1, -0.05) is 49.1 Å². The number of hydrogen-bond donors (Lipinski definition) is 1. The van der Waals surface area contributed by atoms with Crippen molar-refractivity contribution in [1.82, 2.24) is 4.31 Å². The predicted octanol–water partition coefficient (Wildman–Crippen LogP) is 5.84. The fraction of sp³-hybridized carbons (Fsp3) is 0.567. The molecule has 1 N–H and O–H groups in total. The van der Waals surface area contributed by atoms with Gasteiger partial charge in [0.2, 0.25) is 0 Å². The van der Waals surface area contributed by atoms with Crippen LogP contribution in [-0.2, 0) is 26.2 Å². The molecular formula is C30H40N2O5S. The van der Waals surface area contributed by atoms with Crippen molar-refractivity contribution in [3.8, 4) is 11.1 Å². The van der Waals surface area contributed by atoms with Gasteiger partial charge in [-0.3, -0.25) is 4.31 Å². The highest BCUT2D eigenvalue weighted by Crippen LogP contribution is 2.51. The first kappa shape index (κ1) is 27.2. The molecule has 3 aliphatic rings. The topological polar surface area (TPSA) is 87.2 Å². The molecule has 0 spiro atoms. The second-order valence-electron chi connectivity index (χ2n) is 12.2. The van der Waals surface area contributed by atoms with E-state index in [1.54, 1.807) is 8.61 Å². The van der Waals surface area contributed by atoms with Crippen LogP contribution in [0.3, 0.4) is 0 Å². The van der Waals surface area contributed by atoms with Crippen LogP contribution in [0.25, 0.3) is 11.1 Å². The van der Waals surface area contributed by atoms with Crippen molar-refractivity contribution >= 4 is 21.9 Å². The van der Waals surface area contributed by atoms with Crippen molar-refractivity contribution in [2.75, 3.05) is 10.8 Å². The normalized spacial score (nSPS) is 22.4. The minimum atomic E-state index is -3.72. The monoisotopic (exact) mass is 540 g/mol. The van der Waals surface area contributed by atoms with Crippen LogP contribution in [-0.4, -0.2) is 48.0 Å². The van der Waals surface area contributed by atoms with E-state index < -0.39 is 27.9 Å². The van der Waals surface area contributed by atoms with Gasteiger partial charge in [0, 0.05) is 18.2 Å². The summed E-state index contributed by atoms with van der Waals surface area (Å²) in [6, 6.07) is 7.94. The molecule has 0 unspecified atom stereocenters. The van der Waals surface area contributed by atoms with E-state index in [1.807, 2.05) is 65.8 Å². The smallest absolute Gasteiger partial charge is 0.337 e. The van der Waals surface area contributed by atoms with Crippen molar-refractivity contribution in [3.05, 3.63) is 52.1 Å². The molecule has 2 aliphatic heterocycles. The fourth-order valence-electron chi connectivity index (χ4n) is 6.69. The van der Waals surface area contributed by atoms with Gasteiger partial charge in [-0.05, 0) is 88.6 Å². The molecule has 7 nitrogen and oxygen atoms in total. The highest BCUT2D eigenvalue weighted by molar-refractivity contribution is 7.90. The van der Waals surface area contributed by atoms with E-state index in [9.17, 15) is 18.3 Å². The van der Waals surface area contributed by atoms with E-state index in [2.05, 4.69) is 0 Å². The second kappa shape index (κ2) is 9.65. The molecule has 1 saturated heterocycles. The number of fused-ring (bicyclic) bond motifs is 3. The molecular weight excluding hydrogens is 500 g/mol. The van der Waals surface area contributed by atoms with E-state index in [-0.39, 0.29) is 12.1 Å². The Morgan fingerprint density at radius 1 is 1.00 bits per heavy atom. The SMILES string of the molecule is Cc1ccc(-c2c(C)c3c(c(C)c2[C@H](OC(C)(C)C)C(=O)O)N2[C@@H](C3)CN(C3CCCCC3)S2(=O)=O)cc1. The molecule has 0 radical (unpaired) electrons. The van der Waals surface area contributed by atoms with Crippen molar-refractivity contribution < 1.29 is 23.1 Å². The van der Waals surface area contributed by atoms with Crippen molar-refractivity contribution in [1.29, 1.82) is 0 Å². The molecule has 2 aromatic carbocycles. The molecule has 2 heterocycles. The van der Waals surface area contributed by atoms with Gasteiger partial charge < -0.3 is 9.84 Å². The summed E-state index contributed by atoms with van der Waals surface area (Å²) in [7, 11) is -3.72. The van der Waals surface area contributed by atoms with Crippen molar-refractivity contribution in [2.24, 2.45) is 0 Å². The summed E-state index contributed by atoms with van der Waals surface area (Å²) in [6.07, 6.45) is 4.48. The minimum absolute atomic E-state index is 0.0477. The van der Waals surface area contributed by atoms with Gasteiger partial charge in [0.1, 0.15) is 0 Å². The van der Waals surface area contributed by atoms with Crippen LogP contribution in [0, 0.1) is 20.8 Å². The van der Waals surface area contributed by atoms with E-state index in [4.69, 9.17) is 4.74 Å². The van der Waals surface area contributed by atoms with Gasteiger partial charge in [-0.15, -0.1) is 0 Å². The summed E-state index contributed by atoms with van der Waals surface area (Å²) in [6.45, 7) is 11.9. The maximum Gasteiger partial charge on any atom is 0.337 e. The summed E-state index contributed by atoms with van der Waals surface area (Å²) in [5, 5.41) is 10.4. The van der Waals surface area contributed by atoms with E-state index in [0.717, 1.165) is 59.9 Å². The Kier molecular flexibility index (Phi) is 6.89. The summed E-state index contributed by atoms with van der Waals surface area (Å²) in [5.41, 5.74) is 5.95. The third kappa shape index (κ3) is 4.54. The zero-order chi connectivity index (χ0) is 27.6. The number of aliphatic carboxylic acids is 1. The van der Waals surface area contributed by atoms with Crippen LogP contribution in [0.15, 0.2) is 24.3 Å². The van der Waals surface area contributed by atoms with Gasteiger partial charge >= 0.3 is 16.2 Å². The summed E-state index contributed by atoms with van der Waals surface area (Å²) in [5.74, 6) is -1.08. The lowest BCUT2D eigenvalue weighted by molar-refractivity contribution is -0.160. The van der Waals surface area contributed by atoms with Gasteiger partial charge in [0.15, 0.2) is 6.10 Å². The second-order valence-corrected chi connectivity index (χ2v) is 14.0. The molecule has 0 aromatic heterocycles. The van der Waals surface area contributed by atoms with E-state index in [0.29, 0.717) is 29.8 Å². The number of rotatable bonds is 5. The lowest BCUT2D eigenvalue weighted by atomic mass is 9.84. The lowest BCUT2D eigenvalue weighted by Crippen LogP contribution is -2.41. The Morgan fingerprint density at radius 2 is 1.63 bits per heavy atom. The summed E-state index contributed by atoms with van der Waals surface area (Å²) < 4.78 is 37.6. The number of carboxylic acids is 1. The zero-order valence-corrected chi connectivity index (χ0v) is 24.2. The van der Waals surface area contributed by atoms with Crippen LogP contribution in [0.2, 0.25) is 0 Å². The molecule has 1 aliphatic carbocycles. The van der Waals surface area contributed by atoms with Crippen LogP contribution in [0.4, 0.5) is 5.69 Å². The standard InChI is InChI=1S/C30H40N2O5S/c1-18-12-14-21(15-13-18)25-19(2)24-16-23-17-31(22-10-8-7-9-11-22)38(35,36)32(23)27(24)20(3)26(25)28(29(33)34)37-30(4,5)6/h12-15,22-23,28H,7-11,16-17H2,1-6H3,(H,33,34)/t23-,28-/m0/s1. The highest BCUT2D eigenvalue weighted by Gasteiger charge is 2.52. The Morgan fingerprint density at radius 3 is 2.21 bits per heavy atom. The third-order valence-corrected chi connectivity index (χ3v) is 10.4.